The molecule has 0 radical (unpaired) electrons. The summed E-state index contributed by atoms with van der Waals surface area (Å²) in [5.74, 6) is 0. The smallest absolute Gasteiger partial charge is 0.0537 e. The monoisotopic (exact) mass is 238 g/mol. The van der Waals surface area contributed by atoms with Crippen LogP contribution in [-0.4, -0.2) is 34.8 Å². The molecular weight excluding hydrogens is 212 g/mol. The van der Waals surface area contributed by atoms with Crippen LogP contribution in [0.1, 0.15) is 39.3 Å². The summed E-state index contributed by atoms with van der Waals surface area (Å²) in [5.41, 5.74) is 7.20. The van der Waals surface area contributed by atoms with E-state index in [2.05, 4.69) is 50.9 Å². The van der Waals surface area contributed by atoms with Crippen molar-refractivity contribution in [1.29, 1.82) is 0 Å². The van der Waals surface area contributed by atoms with E-state index in [9.17, 15) is 0 Å². The lowest BCUT2D eigenvalue weighted by Gasteiger charge is -2.32. The van der Waals surface area contributed by atoms with Crippen molar-refractivity contribution in [1.82, 2.24) is 14.7 Å². The van der Waals surface area contributed by atoms with Gasteiger partial charge in [0.05, 0.1) is 6.20 Å². The molecule has 0 aliphatic rings. The molecule has 0 amide bonds. The number of hydrogen-bond acceptors (Lipinski definition) is 3. The third kappa shape index (κ3) is 3.82. The summed E-state index contributed by atoms with van der Waals surface area (Å²) in [7, 11) is 2.14. The number of hydrogen-bond donors (Lipinski definition) is 1. The molecule has 2 N–H and O–H groups in total. The molecule has 1 heterocycles. The summed E-state index contributed by atoms with van der Waals surface area (Å²) in [4.78, 5) is 2.34. The Balaban J connectivity index is 2.66. The van der Waals surface area contributed by atoms with Crippen LogP contribution >= 0.6 is 0 Å². The zero-order valence-corrected chi connectivity index (χ0v) is 11.8. The summed E-state index contributed by atoms with van der Waals surface area (Å²) in [6, 6.07) is 0.376. The lowest BCUT2D eigenvalue weighted by Crippen LogP contribution is -2.37. The maximum Gasteiger partial charge on any atom is 0.0537 e. The van der Waals surface area contributed by atoms with Gasteiger partial charge in [-0.2, -0.15) is 5.10 Å². The average molecular weight is 238 g/mol. The molecule has 17 heavy (non-hydrogen) atoms. The minimum atomic E-state index is 0.157. The summed E-state index contributed by atoms with van der Waals surface area (Å²) >= 11 is 0. The van der Waals surface area contributed by atoms with Crippen LogP contribution in [0.25, 0.3) is 0 Å². The highest BCUT2D eigenvalue weighted by Gasteiger charge is 2.22. The Bertz CT molecular complexity index is 343. The van der Waals surface area contributed by atoms with Gasteiger partial charge in [0, 0.05) is 30.9 Å². The number of nitrogens with zero attached hydrogens (tertiary/aromatic N) is 3. The van der Waals surface area contributed by atoms with Crippen LogP contribution in [0.2, 0.25) is 0 Å². The quantitative estimate of drug-likeness (QED) is 0.823. The molecule has 0 saturated heterocycles. The maximum atomic E-state index is 5.78. The van der Waals surface area contributed by atoms with Crippen molar-refractivity contribution >= 4 is 0 Å². The van der Waals surface area contributed by atoms with E-state index in [1.54, 1.807) is 0 Å². The SMILES string of the molecule is CCn1cc(C(C)N(C)CC(C)(C)CN)cn1. The van der Waals surface area contributed by atoms with E-state index >= 15 is 0 Å². The van der Waals surface area contributed by atoms with E-state index in [-0.39, 0.29) is 5.41 Å². The first-order valence-corrected chi connectivity index (χ1v) is 6.32. The highest BCUT2D eigenvalue weighted by Crippen LogP contribution is 2.23. The van der Waals surface area contributed by atoms with Crippen molar-refractivity contribution in [2.75, 3.05) is 20.1 Å². The molecule has 1 aromatic rings. The Hall–Kier alpha value is -0.870. The molecule has 98 valence electrons. The summed E-state index contributed by atoms with van der Waals surface area (Å²) < 4.78 is 1.97. The van der Waals surface area contributed by atoms with Crippen molar-refractivity contribution in [2.45, 2.75) is 40.3 Å². The largest absolute Gasteiger partial charge is 0.330 e. The fourth-order valence-electron chi connectivity index (χ4n) is 1.90. The maximum absolute atomic E-state index is 5.78. The third-order valence-corrected chi connectivity index (χ3v) is 3.35. The zero-order chi connectivity index (χ0) is 13.1. The molecule has 4 nitrogen and oxygen atoms in total. The standard InChI is InChI=1S/C13H26N4/c1-6-17-8-12(7-15-17)11(2)16(5)10-13(3,4)9-14/h7-8,11H,6,9-10,14H2,1-5H3. The number of nitrogens with two attached hydrogens (primary N) is 1. The molecule has 4 heteroatoms. The molecule has 1 rings (SSSR count). The molecule has 0 aromatic carbocycles. The van der Waals surface area contributed by atoms with Gasteiger partial charge in [0.2, 0.25) is 0 Å². The van der Waals surface area contributed by atoms with Gasteiger partial charge < -0.3 is 5.73 Å². The molecular formula is C13H26N4. The number of rotatable bonds is 6. The van der Waals surface area contributed by atoms with Gasteiger partial charge >= 0.3 is 0 Å². The van der Waals surface area contributed by atoms with Crippen LogP contribution in [0.5, 0.6) is 0 Å². The van der Waals surface area contributed by atoms with Gasteiger partial charge in [-0.05, 0) is 32.9 Å². The predicted octanol–water partition coefficient (Wildman–Crippen LogP) is 1.88. The molecule has 1 atom stereocenters. The van der Waals surface area contributed by atoms with Crippen LogP contribution in [0.4, 0.5) is 0 Å². The Kier molecular flexibility index (Phi) is 4.71. The first-order valence-electron chi connectivity index (χ1n) is 6.32. The van der Waals surface area contributed by atoms with Crippen molar-refractivity contribution in [3.05, 3.63) is 18.0 Å². The Morgan fingerprint density at radius 3 is 2.65 bits per heavy atom. The molecule has 0 fully saturated rings. The minimum absolute atomic E-state index is 0.157. The molecule has 0 bridgehead atoms. The van der Waals surface area contributed by atoms with Crippen molar-refractivity contribution in [3.63, 3.8) is 0 Å². The highest BCUT2D eigenvalue weighted by atomic mass is 15.3. The van der Waals surface area contributed by atoms with Gasteiger partial charge in [-0.1, -0.05) is 13.8 Å². The van der Waals surface area contributed by atoms with Gasteiger partial charge in [-0.3, -0.25) is 9.58 Å². The fraction of sp³-hybridized carbons (Fsp3) is 0.769. The van der Waals surface area contributed by atoms with E-state index in [1.165, 1.54) is 5.56 Å². The molecule has 1 aromatic heterocycles. The van der Waals surface area contributed by atoms with Gasteiger partial charge in [-0.25, -0.2) is 0 Å². The molecule has 0 aliphatic carbocycles. The second-order valence-electron chi connectivity index (χ2n) is 5.59. The van der Waals surface area contributed by atoms with E-state index < -0.39 is 0 Å². The van der Waals surface area contributed by atoms with Crippen LogP contribution in [0.15, 0.2) is 12.4 Å². The van der Waals surface area contributed by atoms with Crippen LogP contribution < -0.4 is 5.73 Å². The zero-order valence-electron chi connectivity index (χ0n) is 11.8. The normalized spacial score (nSPS) is 14.3. The van der Waals surface area contributed by atoms with E-state index in [0.717, 1.165) is 13.1 Å². The summed E-state index contributed by atoms with van der Waals surface area (Å²) in [5, 5.41) is 4.32. The van der Waals surface area contributed by atoms with E-state index in [0.29, 0.717) is 12.6 Å². The number of aromatic nitrogens is 2. The first-order chi connectivity index (χ1) is 7.89. The molecule has 0 saturated carbocycles. The van der Waals surface area contributed by atoms with Gasteiger partial charge in [-0.15, -0.1) is 0 Å². The Labute approximate surface area is 105 Å². The van der Waals surface area contributed by atoms with Crippen molar-refractivity contribution in [3.8, 4) is 0 Å². The lowest BCUT2D eigenvalue weighted by molar-refractivity contribution is 0.174. The second kappa shape index (κ2) is 5.65. The second-order valence-corrected chi connectivity index (χ2v) is 5.59. The van der Waals surface area contributed by atoms with Crippen molar-refractivity contribution < 1.29 is 0 Å². The van der Waals surface area contributed by atoms with E-state index in [4.69, 9.17) is 5.73 Å². The first kappa shape index (κ1) is 14.2. The fourth-order valence-corrected chi connectivity index (χ4v) is 1.90. The molecule has 1 unspecified atom stereocenters. The summed E-state index contributed by atoms with van der Waals surface area (Å²) in [6.45, 7) is 11.3. The Morgan fingerprint density at radius 2 is 2.18 bits per heavy atom. The number of aryl methyl sites for hydroxylation is 1. The summed E-state index contributed by atoms with van der Waals surface area (Å²) in [6.07, 6.45) is 4.08. The minimum Gasteiger partial charge on any atom is -0.330 e. The van der Waals surface area contributed by atoms with E-state index in [1.807, 2.05) is 10.9 Å². The Morgan fingerprint density at radius 1 is 1.53 bits per heavy atom. The topological polar surface area (TPSA) is 47.1 Å². The molecule has 0 spiro atoms. The highest BCUT2D eigenvalue weighted by molar-refractivity contribution is 5.09. The molecule has 0 aliphatic heterocycles. The van der Waals surface area contributed by atoms with Crippen molar-refractivity contribution in [2.24, 2.45) is 11.1 Å². The van der Waals surface area contributed by atoms with Crippen LogP contribution in [-0.2, 0) is 6.54 Å². The third-order valence-electron chi connectivity index (χ3n) is 3.35. The lowest BCUT2D eigenvalue weighted by atomic mass is 9.92. The van der Waals surface area contributed by atoms with Gasteiger partial charge in [0.15, 0.2) is 0 Å². The van der Waals surface area contributed by atoms with Gasteiger partial charge in [0.25, 0.3) is 0 Å². The predicted molar refractivity (Wildman–Crippen MR) is 71.8 cm³/mol. The van der Waals surface area contributed by atoms with Gasteiger partial charge in [0.1, 0.15) is 0 Å². The average Bonchev–Trinajstić information content (AvgIpc) is 2.76. The van der Waals surface area contributed by atoms with Crippen LogP contribution in [0, 0.1) is 5.41 Å². The van der Waals surface area contributed by atoms with Crippen LogP contribution in [0.3, 0.4) is 0 Å².